The number of nitrogens with zero attached hydrogens (tertiary/aromatic N) is 2. The van der Waals surface area contributed by atoms with Crippen molar-refractivity contribution in [3.05, 3.63) is 77.9 Å². The van der Waals surface area contributed by atoms with Gasteiger partial charge in [-0.15, -0.1) is 0 Å². The van der Waals surface area contributed by atoms with Crippen molar-refractivity contribution in [2.75, 3.05) is 11.9 Å². The number of aryl methyl sites for hydroxylation is 1. The van der Waals surface area contributed by atoms with Gasteiger partial charge in [0.25, 0.3) is 6.01 Å². The fourth-order valence-electron chi connectivity index (χ4n) is 3.96. The Labute approximate surface area is 191 Å². The Morgan fingerprint density at radius 3 is 2.61 bits per heavy atom. The van der Waals surface area contributed by atoms with Crippen LogP contribution < -0.4 is 10.1 Å². The number of hydrogen-bond acceptors (Lipinski definition) is 4. The van der Waals surface area contributed by atoms with Gasteiger partial charge >= 0.3 is 5.97 Å². The second-order valence-electron chi connectivity index (χ2n) is 7.60. The first-order valence-corrected chi connectivity index (χ1v) is 10.8. The van der Waals surface area contributed by atoms with Gasteiger partial charge in [0, 0.05) is 17.7 Å². The third kappa shape index (κ3) is 4.87. The average molecular weight is 444 g/mol. The molecule has 7 heteroatoms. The minimum atomic E-state index is -0.831. The lowest BCUT2D eigenvalue weighted by Crippen LogP contribution is -2.07. The molecule has 0 aliphatic rings. The van der Waals surface area contributed by atoms with Crippen molar-refractivity contribution < 1.29 is 19.4 Å². The number of imidazole rings is 1. The Bertz CT molecular complexity index is 1280. The Balaban J connectivity index is 1.69. The van der Waals surface area contributed by atoms with E-state index in [9.17, 15) is 9.59 Å². The summed E-state index contributed by atoms with van der Waals surface area (Å²) in [4.78, 5) is 26.7. The molecule has 4 aromatic rings. The quantitative estimate of drug-likeness (QED) is 0.346. The third-order valence-electron chi connectivity index (χ3n) is 5.44. The highest BCUT2D eigenvalue weighted by Gasteiger charge is 2.16. The predicted molar refractivity (Wildman–Crippen MR) is 128 cm³/mol. The maximum absolute atomic E-state index is 11.1. The monoisotopic (exact) mass is 443 g/mol. The fourth-order valence-corrected chi connectivity index (χ4v) is 3.96. The van der Waals surface area contributed by atoms with Crippen LogP contribution in [0.2, 0.25) is 0 Å². The van der Waals surface area contributed by atoms with Gasteiger partial charge in [0.1, 0.15) is 0 Å². The normalized spacial score (nSPS) is 10.8. The predicted octanol–water partition coefficient (Wildman–Crippen LogP) is 4.74. The number of ether oxygens (including phenoxy) is 1. The van der Waals surface area contributed by atoms with E-state index in [1.165, 1.54) is 0 Å². The Kier molecular flexibility index (Phi) is 6.69. The van der Waals surface area contributed by atoms with Crippen molar-refractivity contribution >= 4 is 29.1 Å². The van der Waals surface area contributed by atoms with Crippen LogP contribution in [0, 0.1) is 0 Å². The number of aliphatic carboxylic acids is 1. The van der Waals surface area contributed by atoms with Gasteiger partial charge in [0.05, 0.1) is 24.2 Å². The molecule has 0 saturated carbocycles. The van der Waals surface area contributed by atoms with Crippen molar-refractivity contribution in [1.82, 2.24) is 9.55 Å². The van der Waals surface area contributed by atoms with Crippen molar-refractivity contribution in [3.63, 3.8) is 0 Å². The summed E-state index contributed by atoms with van der Waals surface area (Å²) in [5.41, 5.74) is 6.34. The zero-order valence-electron chi connectivity index (χ0n) is 18.3. The number of nitrogens with one attached hydrogen (secondary N) is 1. The molecular weight excluding hydrogens is 418 g/mol. The molecule has 0 spiro atoms. The van der Waals surface area contributed by atoms with Gasteiger partial charge in [-0.3, -0.25) is 14.2 Å². The molecule has 2 N–H and O–H groups in total. The number of hydrogen-bond donors (Lipinski definition) is 2. The van der Waals surface area contributed by atoms with Crippen LogP contribution in [0.1, 0.15) is 24.5 Å². The standard InChI is InChI=1S/C26H25N3O4/c1-2-33-26-28-23-9-5-6-20(14-15-24(31)32)25(23)29(26)16-18-10-12-19(13-11-18)21-7-3-4-8-22(21)27-17-30/h3-13,17H,2,14-16H2,1H3,(H,27,30)(H,31,32). The smallest absolute Gasteiger partial charge is 0.303 e. The van der Waals surface area contributed by atoms with Crippen LogP contribution in [-0.2, 0) is 22.6 Å². The minimum Gasteiger partial charge on any atom is -0.481 e. The minimum absolute atomic E-state index is 0.0528. The van der Waals surface area contributed by atoms with Gasteiger partial charge in [-0.25, -0.2) is 0 Å². The van der Waals surface area contributed by atoms with Crippen LogP contribution >= 0.6 is 0 Å². The lowest BCUT2D eigenvalue weighted by molar-refractivity contribution is -0.136. The second kappa shape index (κ2) is 9.99. The summed E-state index contributed by atoms with van der Waals surface area (Å²) < 4.78 is 7.81. The lowest BCUT2D eigenvalue weighted by Gasteiger charge is -2.13. The molecule has 33 heavy (non-hydrogen) atoms. The van der Waals surface area contributed by atoms with Gasteiger partial charge in [0.15, 0.2) is 0 Å². The molecule has 0 unspecified atom stereocenters. The second-order valence-corrected chi connectivity index (χ2v) is 7.60. The molecule has 0 aliphatic heterocycles. The molecule has 0 fully saturated rings. The fraction of sp³-hybridized carbons (Fsp3) is 0.192. The summed E-state index contributed by atoms with van der Waals surface area (Å²) in [6.45, 7) is 2.92. The average Bonchev–Trinajstić information content (AvgIpc) is 3.16. The number of carboxylic acids is 1. The summed E-state index contributed by atoms with van der Waals surface area (Å²) in [5, 5.41) is 11.9. The van der Waals surface area contributed by atoms with Crippen LogP contribution in [0.15, 0.2) is 66.7 Å². The molecule has 0 saturated heterocycles. The highest BCUT2D eigenvalue weighted by atomic mass is 16.5. The SMILES string of the molecule is CCOc1nc2cccc(CCC(=O)O)c2n1Cc1ccc(-c2ccccc2NC=O)cc1. The van der Waals surface area contributed by atoms with Gasteiger partial charge in [-0.1, -0.05) is 54.6 Å². The highest BCUT2D eigenvalue weighted by Crippen LogP contribution is 2.30. The van der Waals surface area contributed by atoms with E-state index in [4.69, 9.17) is 9.84 Å². The summed E-state index contributed by atoms with van der Waals surface area (Å²) in [6.07, 6.45) is 1.15. The van der Waals surface area contributed by atoms with Crippen LogP contribution in [0.5, 0.6) is 6.01 Å². The van der Waals surface area contributed by atoms with Gasteiger partial charge < -0.3 is 15.2 Å². The highest BCUT2D eigenvalue weighted by molar-refractivity contribution is 5.85. The summed E-state index contributed by atoms with van der Waals surface area (Å²) >= 11 is 0. The maximum atomic E-state index is 11.1. The number of carbonyl (C=O) groups is 2. The van der Waals surface area contributed by atoms with E-state index in [0.29, 0.717) is 32.0 Å². The number of anilines is 1. The zero-order chi connectivity index (χ0) is 23.2. The summed E-state index contributed by atoms with van der Waals surface area (Å²) in [5.74, 6) is -0.831. The Morgan fingerprint density at radius 2 is 1.88 bits per heavy atom. The van der Waals surface area contributed by atoms with Gasteiger partial charge in [0.2, 0.25) is 6.41 Å². The zero-order valence-corrected chi connectivity index (χ0v) is 18.3. The van der Waals surface area contributed by atoms with Crippen molar-refractivity contribution in [2.45, 2.75) is 26.3 Å². The Morgan fingerprint density at radius 1 is 1.09 bits per heavy atom. The first-order chi connectivity index (χ1) is 16.1. The molecule has 1 aromatic heterocycles. The summed E-state index contributed by atoms with van der Waals surface area (Å²) in [7, 11) is 0. The molecule has 0 aliphatic carbocycles. The van der Waals surface area contributed by atoms with E-state index >= 15 is 0 Å². The molecule has 7 nitrogen and oxygen atoms in total. The number of fused-ring (bicyclic) bond motifs is 1. The molecule has 4 rings (SSSR count). The van der Waals surface area contributed by atoms with E-state index in [2.05, 4.69) is 10.3 Å². The van der Waals surface area contributed by atoms with E-state index < -0.39 is 5.97 Å². The molecule has 0 atom stereocenters. The van der Waals surface area contributed by atoms with Crippen LogP contribution in [0.4, 0.5) is 5.69 Å². The van der Waals surface area contributed by atoms with Crippen LogP contribution in [0.3, 0.4) is 0 Å². The van der Waals surface area contributed by atoms with Crippen LogP contribution in [0.25, 0.3) is 22.2 Å². The first-order valence-electron chi connectivity index (χ1n) is 10.8. The molecule has 3 aromatic carbocycles. The third-order valence-corrected chi connectivity index (χ3v) is 5.44. The number of carboxylic acid groups (broad SMARTS) is 1. The molecule has 0 radical (unpaired) electrons. The van der Waals surface area contributed by atoms with E-state index in [-0.39, 0.29) is 6.42 Å². The largest absolute Gasteiger partial charge is 0.481 e. The molecular formula is C26H25N3O4. The number of aromatic nitrogens is 2. The molecule has 168 valence electrons. The molecule has 0 bridgehead atoms. The number of amides is 1. The Hall–Kier alpha value is -4.13. The maximum Gasteiger partial charge on any atom is 0.303 e. The number of benzene rings is 3. The number of rotatable bonds is 10. The topological polar surface area (TPSA) is 93.4 Å². The van der Waals surface area contributed by atoms with Crippen LogP contribution in [-0.4, -0.2) is 33.6 Å². The van der Waals surface area contributed by atoms with E-state index in [0.717, 1.165) is 39.0 Å². The van der Waals surface area contributed by atoms with Gasteiger partial charge in [-0.05, 0) is 42.2 Å². The van der Waals surface area contributed by atoms with E-state index in [1.807, 2.05) is 78.2 Å². The molecule has 1 amide bonds. The van der Waals surface area contributed by atoms with Crippen molar-refractivity contribution in [2.24, 2.45) is 0 Å². The van der Waals surface area contributed by atoms with Crippen molar-refractivity contribution in [1.29, 1.82) is 0 Å². The number of carbonyl (C=O) groups excluding carboxylic acids is 1. The summed E-state index contributed by atoms with van der Waals surface area (Å²) in [6, 6.07) is 22.0. The first kappa shape index (κ1) is 22.1. The number of para-hydroxylation sites is 2. The van der Waals surface area contributed by atoms with Crippen molar-refractivity contribution in [3.8, 4) is 17.1 Å². The lowest BCUT2D eigenvalue weighted by atomic mass is 10.0. The van der Waals surface area contributed by atoms with E-state index in [1.54, 1.807) is 0 Å². The molecule has 1 heterocycles. The van der Waals surface area contributed by atoms with Gasteiger partial charge in [-0.2, -0.15) is 4.98 Å².